The number of oxime groups is 1. The van der Waals surface area contributed by atoms with E-state index in [9.17, 15) is 0 Å². The fourth-order valence-electron chi connectivity index (χ4n) is 1.58. The van der Waals surface area contributed by atoms with E-state index in [1.807, 2.05) is 23.7 Å². The minimum atomic E-state index is 0.208. The Morgan fingerprint density at radius 1 is 1.62 bits per heavy atom. The highest BCUT2D eigenvalue weighted by Gasteiger charge is 2.08. The summed E-state index contributed by atoms with van der Waals surface area (Å²) in [4.78, 5) is 8.67. The van der Waals surface area contributed by atoms with Crippen molar-refractivity contribution >= 4 is 17.0 Å². The number of rotatable bonds is 3. The van der Waals surface area contributed by atoms with E-state index in [1.165, 1.54) is 0 Å². The topological polar surface area (TPSA) is 89.3 Å². The van der Waals surface area contributed by atoms with Crippen molar-refractivity contribution in [1.82, 2.24) is 14.5 Å². The van der Waals surface area contributed by atoms with E-state index >= 15 is 0 Å². The Morgan fingerprint density at radius 3 is 3.12 bits per heavy atom. The van der Waals surface area contributed by atoms with Gasteiger partial charge < -0.3 is 15.5 Å². The first kappa shape index (κ1) is 10.4. The first-order valence-corrected chi connectivity index (χ1v) is 4.95. The van der Waals surface area contributed by atoms with Crippen LogP contribution in [0.25, 0.3) is 11.2 Å². The van der Waals surface area contributed by atoms with E-state index in [0.29, 0.717) is 12.8 Å². The lowest BCUT2D eigenvalue weighted by atomic mass is 10.3. The molecule has 0 bridgehead atoms. The number of aromatic nitrogens is 3. The van der Waals surface area contributed by atoms with Crippen LogP contribution in [0.15, 0.2) is 23.5 Å². The molecule has 0 aliphatic rings. The van der Waals surface area contributed by atoms with Crippen LogP contribution in [0, 0.1) is 0 Å². The molecule has 0 saturated heterocycles. The maximum Gasteiger partial charge on any atom is 0.159 e. The smallest absolute Gasteiger partial charge is 0.159 e. The van der Waals surface area contributed by atoms with Gasteiger partial charge in [-0.05, 0) is 12.1 Å². The van der Waals surface area contributed by atoms with Gasteiger partial charge in [-0.1, -0.05) is 5.16 Å². The van der Waals surface area contributed by atoms with Crippen molar-refractivity contribution in [1.29, 1.82) is 0 Å². The van der Waals surface area contributed by atoms with Gasteiger partial charge in [0.25, 0.3) is 0 Å². The molecule has 0 aliphatic carbocycles. The minimum Gasteiger partial charge on any atom is -0.409 e. The summed E-state index contributed by atoms with van der Waals surface area (Å²) >= 11 is 0. The lowest BCUT2D eigenvalue weighted by molar-refractivity contribution is 0.317. The number of fused-ring (bicyclic) bond motifs is 1. The lowest BCUT2D eigenvalue weighted by Crippen LogP contribution is -2.13. The highest BCUT2D eigenvalue weighted by Crippen LogP contribution is 2.12. The molecule has 2 aromatic rings. The summed E-state index contributed by atoms with van der Waals surface area (Å²) in [6.45, 7) is 0. The van der Waals surface area contributed by atoms with E-state index in [2.05, 4.69) is 15.1 Å². The van der Waals surface area contributed by atoms with Gasteiger partial charge in [0, 0.05) is 26.1 Å². The molecule has 0 spiro atoms. The molecule has 0 unspecified atom stereocenters. The summed E-state index contributed by atoms with van der Waals surface area (Å²) in [7, 11) is 1.91. The quantitative estimate of drug-likeness (QED) is 0.343. The molecule has 0 aliphatic heterocycles. The Hall–Kier alpha value is -2.11. The number of pyridine rings is 1. The Morgan fingerprint density at radius 2 is 2.44 bits per heavy atom. The molecule has 0 atom stereocenters. The van der Waals surface area contributed by atoms with Gasteiger partial charge in [-0.25, -0.2) is 9.97 Å². The van der Waals surface area contributed by atoms with Crippen molar-refractivity contribution in [2.75, 3.05) is 0 Å². The SMILES string of the molecule is Cn1c(CC/C(N)=N\O)nc2cccnc21. The zero-order chi connectivity index (χ0) is 11.5. The van der Waals surface area contributed by atoms with E-state index in [1.54, 1.807) is 6.20 Å². The highest BCUT2D eigenvalue weighted by molar-refractivity contribution is 5.80. The van der Waals surface area contributed by atoms with Gasteiger partial charge in [0.2, 0.25) is 0 Å². The third-order valence-corrected chi connectivity index (χ3v) is 2.45. The van der Waals surface area contributed by atoms with Gasteiger partial charge in [0.15, 0.2) is 5.65 Å². The van der Waals surface area contributed by atoms with E-state index in [0.717, 1.165) is 17.0 Å². The molecule has 2 aromatic heterocycles. The van der Waals surface area contributed by atoms with Crippen LogP contribution in [0.1, 0.15) is 12.2 Å². The Bertz CT molecular complexity index is 531. The first-order chi connectivity index (χ1) is 7.72. The number of hydrogen-bond acceptors (Lipinski definition) is 4. The summed E-state index contributed by atoms with van der Waals surface area (Å²) in [6.07, 6.45) is 2.84. The zero-order valence-electron chi connectivity index (χ0n) is 8.96. The van der Waals surface area contributed by atoms with Gasteiger partial charge in [0.1, 0.15) is 17.2 Å². The standard InChI is InChI=1S/C10H13N5O/c1-15-9(5-4-8(11)14-16)13-7-3-2-6-12-10(7)15/h2-3,6,16H,4-5H2,1H3,(H2,11,14). The summed E-state index contributed by atoms with van der Waals surface area (Å²) in [5.74, 6) is 1.08. The number of nitrogens with two attached hydrogens (primary N) is 1. The third kappa shape index (κ3) is 1.81. The molecule has 16 heavy (non-hydrogen) atoms. The van der Waals surface area contributed by atoms with Crippen molar-refractivity contribution in [2.24, 2.45) is 17.9 Å². The van der Waals surface area contributed by atoms with Gasteiger partial charge in [0.05, 0.1) is 0 Å². The van der Waals surface area contributed by atoms with Crippen molar-refractivity contribution in [2.45, 2.75) is 12.8 Å². The third-order valence-electron chi connectivity index (χ3n) is 2.45. The van der Waals surface area contributed by atoms with Crippen LogP contribution >= 0.6 is 0 Å². The van der Waals surface area contributed by atoms with Crippen LogP contribution in [0.5, 0.6) is 0 Å². The molecular weight excluding hydrogens is 206 g/mol. The number of hydrogen-bond donors (Lipinski definition) is 2. The summed E-state index contributed by atoms with van der Waals surface area (Å²) < 4.78 is 1.92. The molecule has 6 heteroatoms. The van der Waals surface area contributed by atoms with Crippen LogP contribution in [0.4, 0.5) is 0 Å². The summed E-state index contributed by atoms with van der Waals surface area (Å²) in [5.41, 5.74) is 7.12. The van der Waals surface area contributed by atoms with Crippen LogP contribution < -0.4 is 5.73 Å². The van der Waals surface area contributed by atoms with Gasteiger partial charge in [-0.15, -0.1) is 0 Å². The fourth-order valence-corrected chi connectivity index (χ4v) is 1.58. The molecule has 2 rings (SSSR count). The zero-order valence-corrected chi connectivity index (χ0v) is 8.96. The molecule has 3 N–H and O–H groups in total. The largest absolute Gasteiger partial charge is 0.409 e. The summed E-state index contributed by atoms with van der Waals surface area (Å²) in [6, 6.07) is 3.76. The normalized spacial score (nSPS) is 12.2. The number of imidazole rings is 1. The molecule has 0 fully saturated rings. The van der Waals surface area contributed by atoms with Crippen molar-refractivity contribution in [3.63, 3.8) is 0 Å². The second kappa shape index (κ2) is 4.18. The Kier molecular flexibility index (Phi) is 2.72. The number of amidine groups is 1. The van der Waals surface area contributed by atoms with Crippen molar-refractivity contribution in [3.8, 4) is 0 Å². The van der Waals surface area contributed by atoms with Crippen LogP contribution in [0.2, 0.25) is 0 Å². The molecule has 0 amide bonds. The summed E-state index contributed by atoms with van der Waals surface area (Å²) in [5, 5.41) is 11.4. The minimum absolute atomic E-state index is 0.208. The van der Waals surface area contributed by atoms with Gasteiger partial charge in [-0.3, -0.25) is 0 Å². The fraction of sp³-hybridized carbons (Fsp3) is 0.300. The van der Waals surface area contributed by atoms with Gasteiger partial charge >= 0.3 is 0 Å². The van der Waals surface area contributed by atoms with Crippen LogP contribution in [0.3, 0.4) is 0 Å². The van der Waals surface area contributed by atoms with E-state index < -0.39 is 0 Å². The average molecular weight is 219 g/mol. The first-order valence-electron chi connectivity index (χ1n) is 4.95. The maximum absolute atomic E-state index is 8.45. The Labute approximate surface area is 92.4 Å². The molecule has 0 saturated carbocycles. The monoisotopic (exact) mass is 219 g/mol. The van der Waals surface area contributed by atoms with E-state index in [-0.39, 0.29) is 5.84 Å². The predicted octanol–water partition coefficient (Wildman–Crippen LogP) is 0.647. The van der Waals surface area contributed by atoms with Crippen molar-refractivity contribution in [3.05, 3.63) is 24.2 Å². The van der Waals surface area contributed by atoms with Crippen LogP contribution in [-0.2, 0) is 13.5 Å². The molecule has 0 aromatic carbocycles. The number of aryl methyl sites for hydroxylation is 2. The Balaban J connectivity index is 2.28. The average Bonchev–Trinajstić information content (AvgIpc) is 2.64. The van der Waals surface area contributed by atoms with Crippen LogP contribution in [-0.4, -0.2) is 25.6 Å². The molecule has 6 nitrogen and oxygen atoms in total. The lowest BCUT2D eigenvalue weighted by Gasteiger charge is -2.00. The molecule has 2 heterocycles. The van der Waals surface area contributed by atoms with E-state index in [4.69, 9.17) is 10.9 Å². The molecule has 0 radical (unpaired) electrons. The highest BCUT2D eigenvalue weighted by atomic mass is 16.4. The predicted molar refractivity (Wildman–Crippen MR) is 60.2 cm³/mol. The molecular formula is C10H13N5O. The maximum atomic E-state index is 8.45. The van der Waals surface area contributed by atoms with Crippen molar-refractivity contribution < 1.29 is 5.21 Å². The second-order valence-electron chi connectivity index (χ2n) is 3.52. The molecule has 84 valence electrons. The second-order valence-corrected chi connectivity index (χ2v) is 3.52. The van der Waals surface area contributed by atoms with Gasteiger partial charge in [-0.2, -0.15) is 0 Å². The number of nitrogens with zero attached hydrogens (tertiary/aromatic N) is 4.